The first-order valence-corrected chi connectivity index (χ1v) is 5.18. The van der Waals surface area contributed by atoms with Crippen molar-refractivity contribution in [3.63, 3.8) is 0 Å². The Morgan fingerprint density at radius 3 is 2.27 bits per heavy atom. The van der Waals surface area contributed by atoms with E-state index in [1.54, 1.807) is 20.9 Å². The van der Waals surface area contributed by atoms with Crippen molar-refractivity contribution in [2.45, 2.75) is 32.7 Å². The van der Waals surface area contributed by atoms with Crippen LogP contribution in [-0.2, 0) is 9.59 Å². The third kappa shape index (κ3) is 5.37. The number of carbonyl (C=O) groups is 2. The van der Waals surface area contributed by atoms with Crippen LogP contribution in [0.25, 0.3) is 0 Å². The summed E-state index contributed by atoms with van der Waals surface area (Å²) in [5.41, 5.74) is -0.648. The fourth-order valence-electron chi connectivity index (χ4n) is 0.822. The molecule has 0 rings (SSSR count). The Balaban J connectivity index is 3.85. The summed E-state index contributed by atoms with van der Waals surface area (Å²) < 4.78 is 0. The van der Waals surface area contributed by atoms with Gasteiger partial charge in [-0.1, -0.05) is 6.92 Å². The average Bonchev–Trinajstić information content (AvgIpc) is 2.22. The normalized spacial score (nSPS) is 10.9. The van der Waals surface area contributed by atoms with Crippen molar-refractivity contribution in [1.29, 1.82) is 0 Å². The minimum absolute atomic E-state index is 0.0317. The standard InChI is InChI=1S/C10H21N3O2/c1-5-6-12-8(14)7-13-9(15)10(2,3)11-4/h11H,5-7H2,1-4H3,(H,12,14)(H,13,15). The Labute approximate surface area is 91.0 Å². The van der Waals surface area contributed by atoms with Gasteiger partial charge in [-0.05, 0) is 27.3 Å². The Hall–Kier alpha value is -1.10. The fraction of sp³-hybridized carbons (Fsp3) is 0.800. The maximum absolute atomic E-state index is 11.5. The molecule has 0 aliphatic heterocycles. The number of carbonyl (C=O) groups excluding carboxylic acids is 2. The first kappa shape index (κ1) is 13.9. The van der Waals surface area contributed by atoms with Crippen LogP contribution < -0.4 is 16.0 Å². The number of nitrogens with one attached hydrogen (secondary N) is 3. The third-order valence-corrected chi connectivity index (χ3v) is 2.17. The molecule has 0 atom stereocenters. The molecule has 0 aromatic carbocycles. The van der Waals surface area contributed by atoms with Gasteiger partial charge in [-0.25, -0.2) is 0 Å². The number of hydrogen-bond acceptors (Lipinski definition) is 3. The van der Waals surface area contributed by atoms with Gasteiger partial charge < -0.3 is 16.0 Å². The zero-order valence-electron chi connectivity index (χ0n) is 9.94. The summed E-state index contributed by atoms with van der Waals surface area (Å²) in [5, 5.41) is 8.12. The molecule has 0 fully saturated rings. The van der Waals surface area contributed by atoms with E-state index in [-0.39, 0.29) is 18.4 Å². The van der Waals surface area contributed by atoms with Crippen molar-refractivity contribution < 1.29 is 9.59 Å². The summed E-state index contributed by atoms with van der Waals surface area (Å²) in [6.07, 6.45) is 0.891. The Kier molecular flexibility index (Phi) is 5.93. The molecule has 0 spiro atoms. The lowest BCUT2D eigenvalue weighted by Gasteiger charge is -2.22. The molecular formula is C10H21N3O2. The summed E-state index contributed by atoms with van der Waals surface area (Å²) in [6.45, 7) is 6.16. The highest BCUT2D eigenvalue weighted by molar-refractivity contribution is 5.89. The van der Waals surface area contributed by atoms with Gasteiger partial charge in [0, 0.05) is 6.54 Å². The highest BCUT2D eigenvalue weighted by atomic mass is 16.2. The maximum Gasteiger partial charge on any atom is 0.240 e. The molecule has 0 saturated heterocycles. The van der Waals surface area contributed by atoms with E-state index in [4.69, 9.17) is 0 Å². The Morgan fingerprint density at radius 2 is 1.80 bits per heavy atom. The van der Waals surface area contributed by atoms with Crippen molar-refractivity contribution in [2.75, 3.05) is 20.1 Å². The molecule has 2 amide bonds. The van der Waals surface area contributed by atoms with Gasteiger partial charge in [0.15, 0.2) is 0 Å². The molecule has 0 unspecified atom stereocenters. The van der Waals surface area contributed by atoms with Crippen LogP contribution in [0.3, 0.4) is 0 Å². The van der Waals surface area contributed by atoms with E-state index in [0.29, 0.717) is 6.54 Å². The molecule has 0 aromatic rings. The van der Waals surface area contributed by atoms with Gasteiger partial charge >= 0.3 is 0 Å². The van der Waals surface area contributed by atoms with E-state index in [1.807, 2.05) is 6.92 Å². The average molecular weight is 215 g/mol. The van der Waals surface area contributed by atoms with Crippen LogP contribution >= 0.6 is 0 Å². The molecule has 0 bridgehead atoms. The van der Waals surface area contributed by atoms with Gasteiger partial charge in [0.25, 0.3) is 0 Å². The molecule has 88 valence electrons. The molecule has 5 nitrogen and oxygen atoms in total. The van der Waals surface area contributed by atoms with Gasteiger partial charge in [-0.15, -0.1) is 0 Å². The van der Waals surface area contributed by atoms with Gasteiger partial charge in [0.2, 0.25) is 11.8 Å². The number of amides is 2. The zero-order valence-corrected chi connectivity index (χ0v) is 9.94. The van der Waals surface area contributed by atoms with Gasteiger partial charge in [0.1, 0.15) is 0 Å². The quantitative estimate of drug-likeness (QED) is 0.566. The van der Waals surface area contributed by atoms with Crippen LogP contribution in [-0.4, -0.2) is 37.5 Å². The molecular weight excluding hydrogens is 194 g/mol. The second kappa shape index (κ2) is 6.40. The summed E-state index contributed by atoms with van der Waals surface area (Å²) in [4.78, 5) is 22.7. The first-order chi connectivity index (χ1) is 6.94. The Bertz CT molecular complexity index is 227. The van der Waals surface area contributed by atoms with Crippen LogP contribution in [0.5, 0.6) is 0 Å². The molecule has 0 aliphatic carbocycles. The second-order valence-corrected chi connectivity index (χ2v) is 3.91. The molecule has 0 aromatic heterocycles. The van der Waals surface area contributed by atoms with Crippen molar-refractivity contribution in [3.8, 4) is 0 Å². The predicted molar refractivity (Wildman–Crippen MR) is 59.4 cm³/mol. The van der Waals surface area contributed by atoms with Crippen molar-refractivity contribution >= 4 is 11.8 Å². The first-order valence-electron chi connectivity index (χ1n) is 5.18. The smallest absolute Gasteiger partial charge is 0.240 e. The summed E-state index contributed by atoms with van der Waals surface area (Å²) in [7, 11) is 1.71. The molecule has 5 heteroatoms. The number of hydrogen-bond donors (Lipinski definition) is 3. The third-order valence-electron chi connectivity index (χ3n) is 2.17. The number of rotatable bonds is 6. The van der Waals surface area contributed by atoms with E-state index in [2.05, 4.69) is 16.0 Å². The second-order valence-electron chi connectivity index (χ2n) is 3.91. The summed E-state index contributed by atoms with van der Waals surface area (Å²) >= 11 is 0. The highest BCUT2D eigenvalue weighted by Crippen LogP contribution is 1.99. The fourth-order valence-corrected chi connectivity index (χ4v) is 0.822. The van der Waals surface area contributed by atoms with Crippen molar-refractivity contribution in [2.24, 2.45) is 0 Å². The van der Waals surface area contributed by atoms with Crippen molar-refractivity contribution in [1.82, 2.24) is 16.0 Å². The minimum atomic E-state index is -0.648. The van der Waals surface area contributed by atoms with Crippen molar-refractivity contribution in [3.05, 3.63) is 0 Å². The largest absolute Gasteiger partial charge is 0.355 e. The molecule has 0 heterocycles. The van der Waals surface area contributed by atoms with E-state index in [9.17, 15) is 9.59 Å². The minimum Gasteiger partial charge on any atom is -0.355 e. The molecule has 0 aliphatic rings. The topological polar surface area (TPSA) is 70.2 Å². The maximum atomic E-state index is 11.5. The predicted octanol–water partition coefficient (Wildman–Crippen LogP) is -0.373. The van der Waals surface area contributed by atoms with Crippen LogP contribution in [0.2, 0.25) is 0 Å². The van der Waals surface area contributed by atoms with Gasteiger partial charge in [0.05, 0.1) is 12.1 Å². The summed E-state index contributed by atoms with van der Waals surface area (Å²) in [6, 6.07) is 0. The van der Waals surface area contributed by atoms with Gasteiger partial charge in [-0.3, -0.25) is 9.59 Å². The molecule has 0 saturated carbocycles. The molecule has 15 heavy (non-hydrogen) atoms. The molecule has 0 radical (unpaired) electrons. The van der Waals surface area contributed by atoms with Crippen LogP contribution in [0, 0.1) is 0 Å². The Morgan fingerprint density at radius 1 is 1.20 bits per heavy atom. The summed E-state index contributed by atoms with van der Waals surface area (Å²) in [5.74, 6) is -0.339. The van der Waals surface area contributed by atoms with Gasteiger partial charge in [-0.2, -0.15) is 0 Å². The van der Waals surface area contributed by atoms with E-state index >= 15 is 0 Å². The lowest BCUT2D eigenvalue weighted by molar-refractivity contribution is -0.129. The van der Waals surface area contributed by atoms with Crippen LogP contribution in [0.4, 0.5) is 0 Å². The lowest BCUT2D eigenvalue weighted by Crippen LogP contribution is -2.52. The monoisotopic (exact) mass is 215 g/mol. The van der Waals surface area contributed by atoms with Crippen LogP contribution in [0.1, 0.15) is 27.2 Å². The van der Waals surface area contributed by atoms with E-state index < -0.39 is 5.54 Å². The lowest BCUT2D eigenvalue weighted by atomic mass is 10.1. The molecule has 3 N–H and O–H groups in total. The highest BCUT2D eigenvalue weighted by Gasteiger charge is 2.24. The van der Waals surface area contributed by atoms with Crippen LogP contribution in [0.15, 0.2) is 0 Å². The SMILES string of the molecule is CCCNC(=O)CNC(=O)C(C)(C)NC. The van der Waals surface area contributed by atoms with E-state index in [1.165, 1.54) is 0 Å². The number of likely N-dealkylation sites (N-methyl/N-ethyl adjacent to an activating group) is 1. The zero-order chi connectivity index (χ0) is 11.9. The van der Waals surface area contributed by atoms with E-state index in [0.717, 1.165) is 6.42 Å².